The van der Waals surface area contributed by atoms with Gasteiger partial charge in [-0.05, 0) is 25.0 Å². The highest BCUT2D eigenvalue weighted by molar-refractivity contribution is 5.92. The second kappa shape index (κ2) is 5.39. The maximum absolute atomic E-state index is 11.7. The number of hydrogen-bond donors (Lipinski definition) is 2. The van der Waals surface area contributed by atoms with Gasteiger partial charge in [0.25, 0.3) is 0 Å². The summed E-state index contributed by atoms with van der Waals surface area (Å²) in [4.78, 5) is 11.7. The van der Waals surface area contributed by atoms with E-state index in [1.54, 1.807) is 24.3 Å². The fourth-order valence-corrected chi connectivity index (χ4v) is 1.49. The summed E-state index contributed by atoms with van der Waals surface area (Å²) in [5.41, 5.74) is 0.645. The van der Waals surface area contributed by atoms with Crippen molar-refractivity contribution in [3.63, 3.8) is 0 Å². The lowest BCUT2D eigenvalue weighted by Crippen LogP contribution is -2.21. The van der Waals surface area contributed by atoms with Crippen LogP contribution in [0.2, 0.25) is 0 Å². The minimum Gasteiger partial charge on any atom is -0.508 e. The van der Waals surface area contributed by atoms with Gasteiger partial charge < -0.3 is 10.4 Å². The molecule has 82 valence electrons. The third-order valence-corrected chi connectivity index (χ3v) is 2.47. The van der Waals surface area contributed by atoms with Gasteiger partial charge in [-0.1, -0.05) is 19.9 Å². The molecular formula is C12H17NO2. The Kier molecular flexibility index (Phi) is 4.16. The number of amides is 1. The van der Waals surface area contributed by atoms with Gasteiger partial charge >= 0.3 is 0 Å². The zero-order valence-corrected chi connectivity index (χ0v) is 9.16. The number of hydrogen-bond acceptors (Lipinski definition) is 2. The molecule has 0 heterocycles. The summed E-state index contributed by atoms with van der Waals surface area (Å²) >= 11 is 0. The SMILES string of the molecule is CCC(CC)C(=O)Nc1cccc(O)c1. The molecule has 0 unspecified atom stereocenters. The Morgan fingerprint density at radius 3 is 2.60 bits per heavy atom. The summed E-state index contributed by atoms with van der Waals surface area (Å²) in [7, 11) is 0. The summed E-state index contributed by atoms with van der Waals surface area (Å²) in [6.45, 7) is 3.99. The predicted octanol–water partition coefficient (Wildman–Crippen LogP) is 2.77. The van der Waals surface area contributed by atoms with E-state index in [0.717, 1.165) is 12.8 Å². The maximum Gasteiger partial charge on any atom is 0.227 e. The molecule has 0 spiro atoms. The number of anilines is 1. The molecule has 0 bridgehead atoms. The van der Waals surface area contributed by atoms with Gasteiger partial charge in [-0.2, -0.15) is 0 Å². The average Bonchev–Trinajstić information content (AvgIpc) is 2.19. The fraction of sp³-hybridized carbons (Fsp3) is 0.417. The van der Waals surface area contributed by atoms with Gasteiger partial charge in [0, 0.05) is 17.7 Å². The molecule has 1 aromatic carbocycles. The number of nitrogens with one attached hydrogen (secondary N) is 1. The van der Waals surface area contributed by atoms with Crippen molar-refractivity contribution in [3.05, 3.63) is 24.3 Å². The molecule has 0 radical (unpaired) electrons. The quantitative estimate of drug-likeness (QED) is 0.797. The lowest BCUT2D eigenvalue weighted by atomic mass is 10.0. The van der Waals surface area contributed by atoms with Crippen molar-refractivity contribution < 1.29 is 9.90 Å². The standard InChI is InChI=1S/C12H17NO2/c1-3-9(4-2)12(15)13-10-6-5-7-11(14)8-10/h5-9,14H,3-4H2,1-2H3,(H,13,15). The molecule has 0 aliphatic carbocycles. The summed E-state index contributed by atoms with van der Waals surface area (Å²) in [6.07, 6.45) is 1.67. The van der Waals surface area contributed by atoms with Crippen LogP contribution in [0.4, 0.5) is 5.69 Å². The molecular weight excluding hydrogens is 190 g/mol. The van der Waals surface area contributed by atoms with E-state index in [-0.39, 0.29) is 17.6 Å². The summed E-state index contributed by atoms with van der Waals surface area (Å²) in [5, 5.41) is 12.0. The second-order valence-corrected chi connectivity index (χ2v) is 3.55. The summed E-state index contributed by atoms with van der Waals surface area (Å²) in [5.74, 6) is 0.232. The lowest BCUT2D eigenvalue weighted by Gasteiger charge is -2.12. The van der Waals surface area contributed by atoms with Crippen LogP contribution in [0, 0.1) is 5.92 Å². The van der Waals surface area contributed by atoms with Gasteiger partial charge in [-0.25, -0.2) is 0 Å². The van der Waals surface area contributed by atoms with Crippen molar-refractivity contribution in [1.82, 2.24) is 0 Å². The first-order valence-electron chi connectivity index (χ1n) is 5.27. The summed E-state index contributed by atoms with van der Waals surface area (Å²) < 4.78 is 0. The molecule has 1 aromatic rings. The number of phenolic OH excluding ortho intramolecular Hbond substituents is 1. The van der Waals surface area contributed by atoms with Crippen molar-refractivity contribution in [2.75, 3.05) is 5.32 Å². The van der Waals surface area contributed by atoms with E-state index < -0.39 is 0 Å². The maximum atomic E-state index is 11.7. The molecule has 1 rings (SSSR count). The molecule has 15 heavy (non-hydrogen) atoms. The van der Waals surface area contributed by atoms with Gasteiger partial charge in [0.15, 0.2) is 0 Å². The van der Waals surface area contributed by atoms with E-state index in [1.807, 2.05) is 13.8 Å². The van der Waals surface area contributed by atoms with E-state index in [9.17, 15) is 9.90 Å². The third kappa shape index (κ3) is 3.27. The van der Waals surface area contributed by atoms with Gasteiger partial charge in [0.1, 0.15) is 5.75 Å². The molecule has 3 heteroatoms. The third-order valence-electron chi connectivity index (χ3n) is 2.47. The van der Waals surface area contributed by atoms with E-state index in [4.69, 9.17) is 0 Å². The first-order valence-corrected chi connectivity index (χ1v) is 5.27. The lowest BCUT2D eigenvalue weighted by molar-refractivity contribution is -0.120. The van der Waals surface area contributed by atoms with Crippen LogP contribution >= 0.6 is 0 Å². The number of aromatic hydroxyl groups is 1. The molecule has 0 fully saturated rings. The van der Waals surface area contributed by atoms with Crippen LogP contribution < -0.4 is 5.32 Å². The fourth-order valence-electron chi connectivity index (χ4n) is 1.49. The van der Waals surface area contributed by atoms with Crippen LogP contribution in [0.5, 0.6) is 5.75 Å². The minimum absolute atomic E-state index is 0.0191. The van der Waals surface area contributed by atoms with E-state index in [2.05, 4.69) is 5.32 Å². The highest BCUT2D eigenvalue weighted by Gasteiger charge is 2.13. The Hall–Kier alpha value is -1.51. The number of carbonyl (C=O) groups excluding carboxylic acids is 1. The van der Waals surface area contributed by atoms with Gasteiger partial charge in [-0.15, -0.1) is 0 Å². The summed E-state index contributed by atoms with van der Waals surface area (Å²) in [6, 6.07) is 6.59. The molecule has 0 aliphatic heterocycles. The number of carbonyl (C=O) groups is 1. The molecule has 0 saturated carbocycles. The first-order chi connectivity index (χ1) is 7.17. The number of benzene rings is 1. The van der Waals surface area contributed by atoms with Crippen LogP contribution in [0.15, 0.2) is 24.3 Å². The predicted molar refractivity (Wildman–Crippen MR) is 60.8 cm³/mol. The normalized spacial score (nSPS) is 10.3. The van der Waals surface area contributed by atoms with Crippen molar-refractivity contribution >= 4 is 11.6 Å². The van der Waals surface area contributed by atoms with E-state index in [0.29, 0.717) is 5.69 Å². The largest absolute Gasteiger partial charge is 0.508 e. The molecule has 0 saturated heterocycles. The molecule has 0 aliphatic rings. The van der Waals surface area contributed by atoms with E-state index in [1.165, 1.54) is 0 Å². The van der Waals surface area contributed by atoms with Crippen LogP contribution in [0.3, 0.4) is 0 Å². The Bertz CT molecular complexity index is 332. The average molecular weight is 207 g/mol. The zero-order valence-electron chi connectivity index (χ0n) is 9.16. The smallest absolute Gasteiger partial charge is 0.227 e. The van der Waals surface area contributed by atoms with Crippen molar-refractivity contribution in [2.45, 2.75) is 26.7 Å². The Balaban J connectivity index is 2.65. The van der Waals surface area contributed by atoms with Gasteiger partial charge in [-0.3, -0.25) is 4.79 Å². The number of rotatable bonds is 4. The van der Waals surface area contributed by atoms with Crippen LogP contribution in [0.25, 0.3) is 0 Å². The van der Waals surface area contributed by atoms with Crippen LogP contribution in [0.1, 0.15) is 26.7 Å². The van der Waals surface area contributed by atoms with E-state index >= 15 is 0 Å². The monoisotopic (exact) mass is 207 g/mol. The van der Waals surface area contributed by atoms with Crippen molar-refractivity contribution in [3.8, 4) is 5.75 Å². The van der Waals surface area contributed by atoms with Crippen molar-refractivity contribution in [1.29, 1.82) is 0 Å². The Labute approximate surface area is 90.1 Å². The molecule has 0 aromatic heterocycles. The minimum atomic E-state index is 0.0191. The van der Waals surface area contributed by atoms with Gasteiger partial charge in [0.2, 0.25) is 5.91 Å². The molecule has 3 nitrogen and oxygen atoms in total. The first kappa shape index (κ1) is 11.6. The number of phenols is 1. The highest BCUT2D eigenvalue weighted by atomic mass is 16.3. The topological polar surface area (TPSA) is 49.3 Å². The zero-order chi connectivity index (χ0) is 11.3. The van der Waals surface area contributed by atoms with Crippen LogP contribution in [-0.4, -0.2) is 11.0 Å². The van der Waals surface area contributed by atoms with Gasteiger partial charge in [0.05, 0.1) is 0 Å². The molecule has 2 N–H and O–H groups in total. The van der Waals surface area contributed by atoms with Crippen molar-refractivity contribution in [2.24, 2.45) is 5.92 Å². The second-order valence-electron chi connectivity index (χ2n) is 3.55. The highest BCUT2D eigenvalue weighted by Crippen LogP contribution is 2.17. The Morgan fingerprint density at radius 1 is 1.40 bits per heavy atom. The molecule has 1 amide bonds. The Morgan fingerprint density at radius 2 is 2.07 bits per heavy atom. The van der Waals surface area contributed by atoms with Crippen LogP contribution in [-0.2, 0) is 4.79 Å². The molecule has 0 atom stereocenters.